The first kappa shape index (κ1) is 23.6. The lowest BCUT2D eigenvalue weighted by Crippen LogP contribution is -2.42. The summed E-state index contributed by atoms with van der Waals surface area (Å²) in [6.07, 6.45) is 3.87. The zero-order valence-corrected chi connectivity index (χ0v) is 19.8. The Morgan fingerprint density at radius 1 is 1.10 bits per heavy atom. The number of hydrogen-bond donors (Lipinski definition) is 2. The highest BCUT2D eigenvalue weighted by Gasteiger charge is 2.45. The van der Waals surface area contributed by atoms with E-state index in [0.29, 0.717) is 23.9 Å². The van der Waals surface area contributed by atoms with Crippen molar-refractivity contribution in [1.29, 1.82) is 0 Å². The molecule has 1 saturated carbocycles. The summed E-state index contributed by atoms with van der Waals surface area (Å²) in [5.41, 5.74) is 1.66. The maximum Gasteiger partial charge on any atom is 0.191 e. The zero-order valence-electron chi connectivity index (χ0n) is 16.6. The van der Waals surface area contributed by atoms with Crippen molar-refractivity contribution in [3.8, 4) is 0 Å². The van der Waals surface area contributed by atoms with Gasteiger partial charge in [-0.3, -0.25) is 4.99 Å². The fraction of sp³-hybridized carbons (Fsp3) is 0.381. The van der Waals surface area contributed by atoms with Crippen molar-refractivity contribution in [1.82, 2.24) is 10.6 Å². The Balaban J connectivity index is 0.00000300. The van der Waals surface area contributed by atoms with Crippen LogP contribution in [0.4, 0.5) is 4.39 Å². The normalized spacial score (nSPS) is 15.3. The summed E-state index contributed by atoms with van der Waals surface area (Å²) < 4.78 is 37.1. The molecule has 1 aliphatic rings. The van der Waals surface area contributed by atoms with Gasteiger partial charge in [0.2, 0.25) is 0 Å². The second-order valence-corrected chi connectivity index (χ2v) is 9.29. The molecule has 0 atom stereocenters. The van der Waals surface area contributed by atoms with Crippen molar-refractivity contribution in [3.63, 3.8) is 0 Å². The fourth-order valence-electron chi connectivity index (χ4n) is 3.29. The molecule has 8 heteroatoms. The first-order chi connectivity index (χ1) is 13.3. The molecule has 3 rings (SSSR count). The lowest BCUT2D eigenvalue weighted by molar-refractivity contribution is 0.559. The highest BCUT2D eigenvalue weighted by molar-refractivity contribution is 14.0. The molecule has 1 fully saturated rings. The van der Waals surface area contributed by atoms with Gasteiger partial charge >= 0.3 is 0 Å². The second-order valence-electron chi connectivity index (χ2n) is 7.28. The van der Waals surface area contributed by atoms with Crippen LogP contribution in [0.15, 0.2) is 58.4 Å². The smallest absolute Gasteiger partial charge is 0.191 e. The van der Waals surface area contributed by atoms with Crippen LogP contribution < -0.4 is 10.6 Å². The predicted molar refractivity (Wildman–Crippen MR) is 125 cm³/mol. The molecule has 0 spiro atoms. The Kier molecular flexibility index (Phi) is 8.04. The molecule has 0 amide bonds. The molecule has 0 unspecified atom stereocenters. The van der Waals surface area contributed by atoms with Crippen molar-refractivity contribution in [3.05, 3.63) is 65.5 Å². The van der Waals surface area contributed by atoms with Crippen LogP contribution in [0.3, 0.4) is 0 Å². The molecule has 1 aliphatic carbocycles. The fourth-order valence-corrected chi connectivity index (χ4v) is 3.92. The first-order valence-corrected chi connectivity index (χ1v) is 11.2. The van der Waals surface area contributed by atoms with Crippen molar-refractivity contribution in [2.45, 2.75) is 29.6 Å². The van der Waals surface area contributed by atoms with E-state index in [1.165, 1.54) is 12.3 Å². The summed E-state index contributed by atoms with van der Waals surface area (Å²) in [6.45, 7) is 1.29. The van der Waals surface area contributed by atoms with E-state index < -0.39 is 9.84 Å². The average molecular weight is 531 g/mol. The lowest BCUT2D eigenvalue weighted by atomic mass is 9.95. The van der Waals surface area contributed by atoms with Crippen molar-refractivity contribution in [2.24, 2.45) is 4.99 Å². The Labute approximate surface area is 189 Å². The zero-order chi connectivity index (χ0) is 20.2. The van der Waals surface area contributed by atoms with E-state index in [0.717, 1.165) is 30.4 Å². The lowest BCUT2D eigenvalue weighted by Gasteiger charge is -2.19. The Morgan fingerprint density at radius 2 is 1.76 bits per heavy atom. The number of sulfone groups is 1. The summed E-state index contributed by atoms with van der Waals surface area (Å²) >= 11 is 0. The minimum atomic E-state index is -3.17. The van der Waals surface area contributed by atoms with E-state index in [1.807, 2.05) is 24.3 Å². The number of nitrogens with one attached hydrogen (secondary N) is 2. The second kappa shape index (κ2) is 9.88. The molecule has 2 N–H and O–H groups in total. The van der Waals surface area contributed by atoms with E-state index in [9.17, 15) is 12.8 Å². The molecule has 2 aromatic carbocycles. The topological polar surface area (TPSA) is 70.6 Å². The maximum atomic E-state index is 14.1. The molecule has 2 aromatic rings. The molecule has 0 aromatic heterocycles. The molecule has 5 nitrogen and oxygen atoms in total. The van der Waals surface area contributed by atoms with E-state index >= 15 is 0 Å². The van der Waals surface area contributed by atoms with Crippen LogP contribution in [-0.4, -0.2) is 40.8 Å². The van der Waals surface area contributed by atoms with Crippen LogP contribution in [0.2, 0.25) is 0 Å². The molecule has 0 aliphatic heterocycles. The standard InChI is InChI=1S/C21H26FN3O2S.HI/c1-23-20(24-14-11-16-7-9-17(10-8-16)28(2,26)27)25-15-21(12-13-21)18-5-3-4-6-19(18)22;/h3-10H,11-15H2,1-2H3,(H2,23,24,25);1H. The number of guanidine groups is 1. The van der Waals surface area contributed by atoms with E-state index in [-0.39, 0.29) is 35.2 Å². The largest absolute Gasteiger partial charge is 0.356 e. The Morgan fingerprint density at radius 3 is 2.31 bits per heavy atom. The average Bonchev–Trinajstić information content (AvgIpc) is 3.45. The number of rotatable bonds is 7. The van der Waals surface area contributed by atoms with Gasteiger partial charge in [0.25, 0.3) is 0 Å². The summed E-state index contributed by atoms with van der Waals surface area (Å²) in [5, 5.41) is 6.56. The molecule has 29 heavy (non-hydrogen) atoms. The molecular formula is C21H27FIN3O2S. The molecular weight excluding hydrogens is 504 g/mol. The van der Waals surface area contributed by atoms with Gasteiger partial charge in [0.05, 0.1) is 4.90 Å². The van der Waals surface area contributed by atoms with Gasteiger partial charge in [0.15, 0.2) is 15.8 Å². The van der Waals surface area contributed by atoms with E-state index in [4.69, 9.17) is 0 Å². The summed E-state index contributed by atoms with van der Waals surface area (Å²) in [6, 6.07) is 13.9. The van der Waals surface area contributed by atoms with Gasteiger partial charge in [-0.1, -0.05) is 30.3 Å². The van der Waals surface area contributed by atoms with Crippen LogP contribution in [0, 0.1) is 5.82 Å². The number of hydrogen-bond acceptors (Lipinski definition) is 3. The van der Waals surface area contributed by atoms with Gasteiger partial charge in [-0.15, -0.1) is 24.0 Å². The minimum Gasteiger partial charge on any atom is -0.356 e. The van der Waals surface area contributed by atoms with Crippen LogP contribution in [0.25, 0.3) is 0 Å². The van der Waals surface area contributed by atoms with Crippen LogP contribution in [0.1, 0.15) is 24.0 Å². The number of halogens is 2. The third-order valence-electron chi connectivity index (χ3n) is 5.17. The van der Waals surface area contributed by atoms with Gasteiger partial charge in [0, 0.05) is 31.8 Å². The minimum absolute atomic E-state index is 0. The van der Waals surface area contributed by atoms with Crippen LogP contribution >= 0.6 is 24.0 Å². The number of nitrogens with zero attached hydrogens (tertiary/aromatic N) is 1. The van der Waals surface area contributed by atoms with Crippen molar-refractivity contribution >= 4 is 39.8 Å². The van der Waals surface area contributed by atoms with Crippen molar-refractivity contribution < 1.29 is 12.8 Å². The third-order valence-corrected chi connectivity index (χ3v) is 6.30. The predicted octanol–water partition coefficient (Wildman–Crippen LogP) is 3.29. The Hall–Kier alpha value is -1.68. The van der Waals surface area contributed by atoms with Gasteiger partial charge in [-0.05, 0) is 48.6 Å². The van der Waals surface area contributed by atoms with Gasteiger partial charge in [-0.25, -0.2) is 12.8 Å². The summed E-state index contributed by atoms with van der Waals surface area (Å²) in [5.74, 6) is 0.526. The van der Waals surface area contributed by atoms with Gasteiger partial charge in [-0.2, -0.15) is 0 Å². The van der Waals surface area contributed by atoms with Crippen LogP contribution in [-0.2, 0) is 21.7 Å². The highest BCUT2D eigenvalue weighted by atomic mass is 127. The molecule has 158 valence electrons. The van der Waals surface area contributed by atoms with Crippen molar-refractivity contribution in [2.75, 3.05) is 26.4 Å². The molecule has 0 saturated heterocycles. The quantitative estimate of drug-likeness (QED) is 0.327. The number of aliphatic imine (C=N–C) groups is 1. The maximum absolute atomic E-state index is 14.1. The van der Waals surface area contributed by atoms with E-state index in [2.05, 4.69) is 15.6 Å². The summed E-state index contributed by atoms with van der Waals surface area (Å²) in [7, 11) is -1.46. The Bertz CT molecular complexity index is 958. The SMILES string of the molecule is CN=C(NCCc1ccc(S(C)(=O)=O)cc1)NCC1(c2ccccc2F)CC1.I. The van der Waals surface area contributed by atoms with Gasteiger partial charge in [0.1, 0.15) is 5.82 Å². The highest BCUT2D eigenvalue weighted by Crippen LogP contribution is 2.48. The number of benzene rings is 2. The van der Waals surface area contributed by atoms with E-state index in [1.54, 1.807) is 25.2 Å². The molecule has 0 heterocycles. The molecule has 0 bridgehead atoms. The summed E-state index contributed by atoms with van der Waals surface area (Å²) in [4.78, 5) is 4.56. The van der Waals surface area contributed by atoms with Gasteiger partial charge < -0.3 is 10.6 Å². The monoisotopic (exact) mass is 531 g/mol. The van der Waals surface area contributed by atoms with Crippen LogP contribution in [0.5, 0.6) is 0 Å². The molecule has 0 radical (unpaired) electrons. The first-order valence-electron chi connectivity index (χ1n) is 9.33. The third kappa shape index (κ3) is 6.15.